The number of aliphatic carboxylic acids is 1. The van der Waals surface area contributed by atoms with Crippen LogP contribution in [0.1, 0.15) is 131 Å². The number of nitrogens with one attached hydrogen (secondary N) is 1. The molecule has 0 aliphatic carbocycles. The summed E-state index contributed by atoms with van der Waals surface area (Å²) in [4.78, 5) is 24.0. The predicted molar refractivity (Wildman–Crippen MR) is 140 cm³/mol. The first-order valence-electron chi connectivity index (χ1n) is 13.8. The fourth-order valence-corrected chi connectivity index (χ4v) is 4.22. The maximum absolute atomic E-state index is 12.4. The van der Waals surface area contributed by atoms with E-state index in [1.54, 1.807) is 13.8 Å². The van der Waals surface area contributed by atoms with Gasteiger partial charge in [-0.2, -0.15) is 0 Å². The zero-order valence-corrected chi connectivity index (χ0v) is 23.2. The molecule has 1 amide bonds. The molecular formula is C28H57N2O3+. The van der Waals surface area contributed by atoms with E-state index < -0.39 is 11.5 Å². The average molecular weight is 470 g/mol. The van der Waals surface area contributed by atoms with Gasteiger partial charge in [0.05, 0.1) is 26.7 Å². The number of carbonyl (C=O) groups excluding carboxylic acids is 1. The van der Waals surface area contributed by atoms with Crippen molar-refractivity contribution in [3.05, 3.63) is 0 Å². The summed E-state index contributed by atoms with van der Waals surface area (Å²) in [5.41, 5.74) is -0.897. The summed E-state index contributed by atoms with van der Waals surface area (Å²) >= 11 is 0. The van der Waals surface area contributed by atoms with Crippen molar-refractivity contribution in [2.45, 2.75) is 143 Å². The molecule has 0 bridgehead atoms. The number of carboxylic acid groups (broad SMARTS) is 1. The molecule has 0 spiro atoms. The van der Waals surface area contributed by atoms with Gasteiger partial charge in [0.15, 0.2) is 5.54 Å². The van der Waals surface area contributed by atoms with Gasteiger partial charge in [-0.15, -0.1) is 0 Å². The highest BCUT2D eigenvalue weighted by Gasteiger charge is 2.44. The summed E-state index contributed by atoms with van der Waals surface area (Å²) in [6.45, 7) is 10.8. The van der Waals surface area contributed by atoms with Crippen LogP contribution in [0.4, 0.5) is 0 Å². The summed E-state index contributed by atoms with van der Waals surface area (Å²) < 4.78 is 0.333. The highest BCUT2D eigenvalue weighted by molar-refractivity contribution is 5.76. The Balaban J connectivity index is 3.80. The van der Waals surface area contributed by atoms with Crippen LogP contribution in [0, 0.1) is 5.92 Å². The van der Waals surface area contributed by atoms with E-state index in [2.05, 4.69) is 19.2 Å². The lowest BCUT2D eigenvalue weighted by molar-refractivity contribution is -0.929. The van der Waals surface area contributed by atoms with Gasteiger partial charge in [0.1, 0.15) is 0 Å². The lowest BCUT2D eigenvalue weighted by atomic mass is 9.99. The second-order valence-electron chi connectivity index (χ2n) is 11.6. The van der Waals surface area contributed by atoms with Crippen molar-refractivity contribution in [3.8, 4) is 0 Å². The molecule has 0 aliphatic rings. The van der Waals surface area contributed by atoms with Crippen molar-refractivity contribution in [2.75, 3.05) is 20.6 Å². The van der Waals surface area contributed by atoms with Gasteiger partial charge in [-0.25, -0.2) is 4.79 Å². The van der Waals surface area contributed by atoms with Gasteiger partial charge in [-0.1, -0.05) is 97.8 Å². The van der Waals surface area contributed by atoms with Crippen LogP contribution in [0.3, 0.4) is 0 Å². The Morgan fingerprint density at radius 1 is 0.818 bits per heavy atom. The maximum Gasteiger partial charge on any atom is 0.365 e. The number of amides is 1. The minimum atomic E-state index is -0.897. The lowest BCUT2D eigenvalue weighted by Crippen LogP contribution is -2.64. The van der Waals surface area contributed by atoms with E-state index in [0.29, 0.717) is 17.4 Å². The maximum atomic E-state index is 12.4. The Bertz CT molecular complexity index is 529. The molecule has 5 heteroatoms. The number of carboxylic acids is 1. The second-order valence-corrected chi connectivity index (χ2v) is 11.6. The molecule has 0 heterocycles. The van der Waals surface area contributed by atoms with Crippen molar-refractivity contribution in [3.63, 3.8) is 0 Å². The van der Waals surface area contributed by atoms with E-state index in [-0.39, 0.29) is 11.9 Å². The van der Waals surface area contributed by atoms with Crippen LogP contribution in [0.25, 0.3) is 0 Å². The second kappa shape index (κ2) is 17.4. The van der Waals surface area contributed by atoms with E-state index in [1.165, 1.54) is 70.6 Å². The zero-order valence-electron chi connectivity index (χ0n) is 23.2. The number of hydrogen-bond donors (Lipinski definition) is 2. The van der Waals surface area contributed by atoms with Gasteiger partial charge in [-0.05, 0) is 18.8 Å². The van der Waals surface area contributed by atoms with Gasteiger partial charge >= 0.3 is 5.97 Å². The molecule has 33 heavy (non-hydrogen) atoms. The van der Waals surface area contributed by atoms with Crippen molar-refractivity contribution in [2.24, 2.45) is 5.92 Å². The number of unbranched alkanes of at least 4 members (excludes halogenated alkanes) is 11. The molecule has 0 aromatic rings. The summed E-state index contributed by atoms with van der Waals surface area (Å²) in [5.74, 6) is 0.136. The Hall–Kier alpha value is -1.10. The van der Waals surface area contributed by atoms with Gasteiger partial charge in [0, 0.05) is 20.3 Å². The standard InChI is InChI=1S/C28H56N2O3/c1-8-25(23-30(6,7)28(4,5)27(32)33)29-26(31)22-20-18-16-14-12-10-9-11-13-15-17-19-21-24(2)3/h24-25H,8-23H2,1-7H3,(H-,29,31,32,33)/p+1. The first-order valence-corrected chi connectivity index (χ1v) is 13.8. The highest BCUT2D eigenvalue weighted by Crippen LogP contribution is 2.22. The predicted octanol–water partition coefficient (Wildman–Crippen LogP) is 6.94. The fraction of sp³-hybridized carbons (Fsp3) is 0.929. The monoisotopic (exact) mass is 469 g/mol. The normalized spacial score (nSPS) is 13.3. The summed E-state index contributed by atoms with van der Waals surface area (Å²) in [5, 5.41) is 12.7. The first kappa shape index (κ1) is 31.9. The van der Waals surface area contributed by atoms with Crippen LogP contribution in [0.5, 0.6) is 0 Å². The Kier molecular flexibility index (Phi) is 16.8. The van der Waals surface area contributed by atoms with Gasteiger partial charge in [-0.3, -0.25) is 4.79 Å². The molecule has 0 fully saturated rings. The van der Waals surface area contributed by atoms with E-state index in [9.17, 15) is 14.7 Å². The smallest absolute Gasteiger partial charge is 0.365 e. The number of carbonyl (C=O) groups is 2. The van der Waals surface area contributed by atoms with Crippen LogP contribution in [0.15, 0.2) is 0 Å². The van der Waals surface area contributed by atoms with Gasteiger partial charge in [0.25, 0.3) is 0 Å². The molecule has 0 saturated carbocycles. The van der Waals surface area contributed by atoms with Gasteiger partial charge in [0.2, 0.25) is 5.91 Å². The molecule has 0 radical (unpaired) electrons. The van der Waals surface area contributed by atoms with E-state index in [0.717, 1.165) is 25.2 Å². The van der Waals surface area contributed by atoms with E-state index in [4.69, 9.17) is 0 Å². The molecule has 0 aromatic carbocycles. The van der Waals surface area contributed by atoms with Crippen LogP contribution < -0.4 is 5.32 Å². The molecule has 1 atom stereocenters. The molecule has 1 unspecified atom stereocenters. The summed E-state index contributed by atoms with van der Waals surface area (Å²) in [6, 6.07) is 0.00123. The molecule has 0 rings (SSSR count). The van der Waals surface area contributed by atoms with Crippen LogP contribution in [-0.4, -0.2) is 53.7 Å². The van der Waals surface area contributed by atoms with E-state index >= 15 is 0 Å². The number of quaternary nitrogens is 1. The van der Waals surface area contributed by atoms with Crippen LogP contribution >= 0.6 is 0 Å². The third kappa shape index (κ3) is 14.7. The van der Waals surface area contributed by atoms with Crippen LogP contribution in [0.2, 0.25) is 0 Å². The number of likely N-dealkylation sites (N-methyl/N-ethyl adjacent to an activating group) is 1. The highest BCUT2D eigenvalue weighted by atomic mass is 16.4. The SMILES string of the molecule is CCC(C[N+](C)(C)C(C)(C)C(=O)O)NC(=O)CCCCCCCCCCCCCCC(C)C. The van der Waals surface area contributed by atoms with Crippen molar-refractivity contribution in [1.82, 2.24) is 5.32 Å². The Morgan fingerprint density at radius 3 is 1.64 bits per heavy atom. The zero-order chi connectivity index (χ0) is 25.3. The molecule has 0 aliphatic heterocycles. The van der Waals surface area contributed by atoms with Crippen LogP contribution in [-0.2, 0) is 9.59 Å². The third-order valence-corrected chi connectivity index (χ3v) is 7.51. The van der Waals surface area contributed by atoms with Crippen molar-refractivity contribution < 1.29 is 19.2 Å². The van der Waals surface area contributed by atoms with Gasteiger partial charge < -0.3 is 14.9 Å². The Labute approximate surface area is 205 Å². The Morgan fingerprint density at radius 2 is 1.24 bits per heavy atom. The average Bonchev–Trinajstić information content (AvgIpc) is 2.72. The molecule has 2 N–H and O–H groups in total. The minimum absolute atomic E-state index is 0.00123. The molecular weight excluding hydrogens is 412 g/mol. The number of rotatable bonds is 21. The van der Waals surface area contributed by atoms with E-state index in [1.807, 2.05) is 21.0 Å². The molecule has 5 nitrogen and oxygen atoms in total. The van der Waals surface area contributed by atoms with Crippen molar-refractivity contribution in [1.29, 1.82) is 0 Å². The molecule has 196 valence electrons. The largest absolute Gasteiger partial charge is 0.477 e. The molecule has 0 aromatic heterocycles. The summed E-state index contributed by atoms with van der Waals surface area (Å²) in [6.07, 6.45) is 18.4. The summed E-state index contributed by atoms with van der Waals surface area (Å²) in [7, 11) is 3.86. The first-order chi connectivity index (χ1) is 15.4. The third-order valence-electron chi connectivity index (χ3n) is 7.51. The topological polar surface area (TPSA) is 66.4 Å². The quantitative estimate of drug-likeness (QED) is 0.141. The van der Waals surface area contributed by atoms with Crippen molar-refractivity contribution >= 4 is 11.9 Å². The minimum Gasteiger partial charge on any atom is -0.477 e. The number of hydrogen-bond acceptors (Lipinski definition) is 2. The fourth-order valence-electron chi connectivity index (χ4n) is 4.22. The molecule has 0 saturated heterocycles. The number of nitrogens with zero attached hydrogens (tertiary/aromatic N) is 1. The lowest BCUT2D eigenvalue weighted by Gasteiger charge is -2.43.